The fourth-order valence-corrected chi connectivity index (χ4v) is 5.24. The summed E-state index contributed by atoms with van der Waals surface area (Å²) in [5.74, 6) is -0.245. The normalized spacial score (nSPS) is 24.5. The summed E-state index contributed by atoms with van der Waals surface area (Å²) in [7, 11) is -3.17. The van der Waals surface area contributed by atoms with Crippen molar-refractivity contribution in [3.63, 3.8) is 0 Å². The number of nitrogens with one attached hydrogen (secondary N) is 2. The summed E-state index contributed by atoms with van der Waals surface area (Å²) in [4.78, 5) is 11.8. The van der Waals surface area contributed by atoms with Crippen molar-refractivity contribution in [2.24, 2.45) is 0 Å². The van der Waals surface area contributed by atoms with Gasteiger partial charge in [0.1, 0.15) is 5.01 Å². The summed E-state index contributed by atoms with van der Waals surface area (Å²) in [5, 5.41) is 13.5. The molecule has 1 aromatic heterocycles. The molecule has 0 aromatic carbocycles. The maximum absolute atomic E-state index is 11.8. The second-order valence-electron chi connectivity index (χ2n) is 4.55. The third-order valence-corrected chi connectivity index (χ3v) is 6.02. The molecule has 0 spiro atoms. The van der Waals surface area contributed by atoms with E-state index >= 15 is 0 Å². The number of halogens is 1. The Morgan fingerprint density at radius 3 is 2.80 bits per heavy atom. The summed E-state index contributed by atoms with van der Waals surface area (Å²) in [5.41, 5.74) is 0. The minimum atomic E-state index is -3.17. The van der Waals surface area contributed by atoms with Gasteiger partial charge in [0.25, 0.3) is 0 Å². The second-order valence-corrected chi connectivity index (χ2v) is 8.33. The first-order valence-corrected chi connectivity index (χ1v) is 9.21. The van der Waals surface area contributed by atoms with Crippen LogP contribution in [0.25, 0.3) is 0 Å². The molecule has 1 aliphatic rings. The van der Waals surface area contributed by atoms with Gasteiger partial charge >= 0.3 is 6.03 Å². The largest absolute Gasteiger partial charge is 0.333 e. The predicted molar refractivity (Wildman–Crippen MR) is 78.1 cm³/mol. The number of hydrogen-bond acceptors (Lipinski definition) is 6. The number of sulfone groups is 1. The van der Waals surface area contributed by atoms with Gasteiger partial charge < -0.3 is 5.32 Å². The summed E-state index contributed by atoms with van der Waals surface area (Å²) < 4.78 is 22.8. The van der Waals surface area contributed by atoms with Crippen molar-refractivity contribution in [2.45, 2.75) is 31.2 Å². The lowest BCUT2D eigenvalue weighted by Crippen LogP contribution is -2.42. The fraction of sp³-hybridized carbons (Fsp3) is 0.700. The molecule has 112 valence electrons. The molecule has 2 heterocycles. The van der Waals surface area contributed by atoms with E-state index in [1.165, 1.54) is 11.3 Å². The topological polar surface area (TPSA) is 101 Å². The summed E-state index contributed by atoms with van der Waals surface area (Å²) in [6, 6.07) is -1.10. The highest BCUT2D eigenvalue weighted by atomic mass is 35.5. The highest BCUT2D eigenvalue weighted by molar-refractivity contribution is 7.91. The Morgan fingerprint density at radius 2 is 2.20 bits per heavy atom. The second kappa shape index (κ2) is 6.23. The zero-order chi connectivity index (χ0) is 14.8. The number of amides is 2. The van der Waals surface area contributed by atoms with Crippen molar-refractivity contribution in [1.82, 2.24) is 15.5 Å². The molecule has 20 heavy (non-hydrogen) atoms. The van der Waals surface area contributed by atoms with Gasteiger partial charge in [-0.3, -0.25) is 5.32 Å². The Balaban J connectivity index is 1.89. The highest BCUT2D eigenvalue weighted by Gasteiger charge is 2.37. The van der Waals surface area contributed by atoms with Crippen molar-refractivity contribution in [1.29, 1.82) is 0 Å². The minimum absolute atomic E-state index is 0.112. The highest BCUT2D eigenvalue weighted by Crippen LogP contribution is 2.19. The van der Waals surface area contributed by atoms with Crippen LogP contribution in [0.3, 0.4) is 0 Å². The standard InChI is InChI=1S/C10H15ClN4O3S2/c1-2-3-8-14-15-10(19-8)13-9(16)12-7-5-20(17,18)4-6(7)11/h6-7H,2-5H2,1H3,(H2,12,13,15,16)/t6-,7+/m0/s1. The predicted octanol–water partition coefficient (Wildman–Crippen LogP) is 1.02. The fourth-order valence-electron chi connectivity index (χ4n) is 1.86. The van der Waals surface area contributed by atoms with Crippen LogP contribution >= 0.6 is 22.9 Å². The third kappa shape index (κ3) is 4.03. The average molecular weight is 339 g/mol. The van der Waals surface area contributed by atoms with Crippen LogP contribution in [0, 0.1) is 0 Å². The molecule has 1 aromatic rings. The van der Waals surface area contributed by atoms with Gasteiger partial charge in [-0.05, 0) is 6.42 Å². The molecule has 0 radical (unpaired) electrons. The molecule has 2 atom stereocenters. The van der Waals surface area contributed by atoms with Crippen LogP contribution < -0.4 is 10.6 Å². The van der Waals surface area contributed by atoms with Crippen molar-refractivity contribution in [2.75, 3.05) is 16.8 Å². The van der Waals surface area contributed by atoms with Crippen LogP contribution in [-0.4, -0.2) is 47.6 Å². The summed E-state index contributed by atoms with van der Waals surface area (Å²) >= 11 is 7.21. The Labute approximate surface area is 126 Å². The molecule has 2 rings (SSSR count). The van der Waals surface area contributed by atoms with E-state index in [1.54, 1.807) is 0 Å². The quantitative estimate of drug-likeness (QED) is 0.798. The lowest BCUT2D eigenvalue weighted by atomic mass is 10.2. The van der Waals surface area contributed by atoms with Gasteiger partial charge in [0.15, 0.2) is 9.84 Å². The number of carbonyl (C=O) groups excluding carboxylic acids is 1. The molecule has 0 unspecified atom stereocenters. The van der Waals surface area contributed by atoms with Gasteiger partial charge in [0.2, 0.25) is 5.13 Å². The van der Waals surface area contributed by atoms with E-state index in [2.05, 4.69) is 20.8 Å². The van der Waals surface area contributed by atoms with Gasteiger partial charge in [-0.2, -0.15) is 0 Å². The maximum Gasteiger partial charge on any atom is 0.321 e. The Hall–Kier alpha value is -0.930. The lowest BCUT2D eigenvalue weighted by Gasteiger charge is -2.13. The van der Waals surface area contributed by atoms with Crippen LogP contribution in [-0.2, 0) is 16.3 Å². The van der Waals surface area contributed by atoms with Crippen molar-refractivity contribution in [3.05, 3.63) is 5.01 Å². The van der Waals surface area contributed by atoms with Crippen molar-refractivity contribution >= 4 is 43.9 Å². The monoisotopic (exact) mass is 338 g/mol. The van der Waals surface area contributed by atoms with E-state index in [9.17, 15) is 13.2 Å². The molecule has 1 aliphatic heterocycles. The number of anilines is 1. The van der Waals surface area contributed by atoms with Crippen LogP contribution in [0.15, 0.2) is 0 Å². The molecule has 10 heteroatoms. The summed E-state index contributed by atoms with van der Waals surface area (Å²) in [6.07, 6.45) is 1.76. The Kier molecular flexibility index (Phi) is 4.82. The number of carbonyl (C=O) groups is 1. The number of alkyl halides is 1. The first kappa shape index (κ1) is 15.5. The number of rotatable bonds is 4. The van der Waals surface area contributed by atoms with Gasteiger partial charge in [0.05, 0.1) is 22.9 Å². The molecule has 0 bridgehead atoms. The third-order valence-electron chi connectivity index (χ3n) is 2.75. The van der Waals surface area contributed by atoms with E-state index in [0.717, 1.165) is 17.8 Å². The number of nitrogens with zero attached hydrogens (tertiary/aromatic N) is 2. The smallest absolute Gasteiger partial charge is 0.321 e. The van der Waals surface area contributed by atoms with Crippen molar-refractivity contribution < 1.29 is 13.2 Å². The first-order chi connectivity index (χ1) is 9.39. The minimum Gasteiger partial charge on any atom is -0.333 e. The van der Waals surface area contributed by atoms with Crippen LogP contribution in [0.4, 0.5) is 9.93 Å². The first-order valence-electron chi connectivity index (χ1n) is 6.14. The molecular formula is C10H15ClN4O3S2. The number of urea groups is 1. The molecule has 2 amide bonds. The van der Waals surface area contributed by atoms with Gasteiger partial charge in [0, 0.05) is 6.42 Å². The van der Waals surface area contributed by atoms with E-state index < -0.39 is 27.3 Å². The molecule has 7 nitrogen and oxygen atoms in total. The van der Waals surface area contributed by atoms with E-state index in [1.807, 2.05) is 6.92 Å². The van der Waals surface area contributed by atoms with Gasteiger partial charge in [-0.1, -0.05) is 18.3 Å². The number of aryl methyl sites for hydroxylation is 1. The van der Waals surface area contributed by atoms with E-state index in [0.29, 0.717) is 5.13 Å². The average Bonchev–Trinajstić information content (AvgIpc) is 2.84. The zero-order valence-corrected chi connectivity index (χ0v) is 13.2. The lowest BCUT2D eigenvalue weighted by molar-refractivity contribution is 0.249. The molecule has 0 aliphatic carbocycles. The Bertz CT molecular complexity index is 589. The molecule has 1 fully saturated rings. The molecular weight excluding hydrogens is 324 g/mol. The van der Waals surface area contributed by atoms with E-state index in [4.69, 9.17) is 11.6 Å². The number of aromatic nitrogens is 2. The molecule has 2 N–H and O–H groups in total. The molecule has 1 saturated heterocycles. The van der Waals surface area contributed by atoms with Gasteiger partial charge in [-0.15, -0.1) is 21.8 Å². The van der Waals surface area contributed by atoms with Crippen LogP contribution in [0.1, 0.15) is 18.4 Å². The van der Waals surface area contributed by atoms with Crippen molar-refractivity contribution in [3.8, 4) is 0 Å². The Morgan fingerprint density at radius 1 is 1.45 bits per heavy atom. The summed E-state index contributed by atoms with van der Waals surface area (Å²) in [6.45, 7) is 2.03. The number of hydrogen-bond donors (Lipinski definition) is 2. The maximum atomic E-state index is 11.8. The van der Waals surface area contributed by atoms with Crippen LogP contribution in [0.2, 0.25) is 0 Å². The van der Waals surface area contributed by atoms with E-state index in [-0.39, 0.29) is 11.5 Å². The SMILES string of the molecule is CCCc1nnc(NC(=O)N[C@@H]2CS(=O)(=O)C[C@@H]2Cl)s1. The van der Waals surface area contributed by atoms with Crippen LogP contribution in [0.5, 0.6) is 0 Å². The zero-order valence-electron chi connectivity index (χ0n) is 10.8. The molecule has 0 saturated carbocycles. The van der Waals surface area contributed by atoms with Gasteiger partial charge in [-0.25, -0.2) is 13.2 Å².